The number of nitrogens with one attached hydrogen (secondary N) is 1. The fourth-order valence-electron chi connectivity index (χ4n) is 2.56. The summed E-state index contributed by atoms with van der Waals surface area (Å²) >= 11 is 5.92. The Balaban J connectivity index is 1.84. The van der Waals surface area contributed by atoms with Crippen molar-refractivity contribution in [2.24, 2.45) is 0 Å². The van der Waals surface area contributed by atoms with Crippen LogP contribution < -0.4 is 5.56 Å². The van der Waals surface area contributed by atoms with E-state index in [1.807, 2.05) is 30.5 Å². The first kappa shape index (κ1) is 12.3. The Morgan fingerprint density at radius 2 is 2.00 bits per heavy atom. The molecule has 4 rings (SSSR count). The van der Waals surface area contributed by atoms with Crippen LogP contribution in [0.3, 0.4) is 0 Å². The van der Waals surface area contributed by atoms with Gasteiger partial charge < -0.3 is 9.51 Å². The van der Waals surface area contributed by atoms with Gasteiger partial charge >= 0.3 is 0 Å². The van der Waals surface area contributed by atoms with Gasteiger partial charge in [0.25, 0.3) is 5.56 Å². The molecule has 0 unspecified atom stereocenters. The first-order chi connectivity index (χ1) is 10.2. The van der Waals surface area contributed by atoms with Crippen LogP contribution in [0.15, 0.2) is 58.0 Å². The summed E-state index contributed by atoms with van der Waals surface area (Å²) in [5.41, 5.74) is 2.41. The predicted molar refractivity (Wildman–Crippen MR) is 82.9 cm³/mol. The van der Waals surface area contributed by atoms with Crippen LogP contribution in [0.1, 0.15) is 5.56 Å². The van der Waals surface area contributed by atoms with Crippen molar-refractivity contribution < 1.29 is 4.52 Å². The van der Waals surface area contributed by atoms with Crippen LogP contribution in [-0.4, -0.2) is 9.72 Å². The summed E-state index contributed by atoms with van der Waals surface area (Å²) in [6.07, 6.45) is 1.90. The quantitative estimate of drug-likeness (QED) is 0.612. The van der Waals surface area contributed by atoms with Crippen LogP contribution in [0.5, 0.6) is 0 Å². The van der Waals surface area contributed by atoms with Crippen molar-refractivity contribution in [2.75, 3.05) is 0 Å². The van der Waals surface area contributed by atoms with Gasteiger partial charge in [0.1, 0.15) is 0 Å². The molecule has 4 nitrogen and oxygen atoms in total. The molecule has 5 heteroatoms. The Bertz CT molecular complexity index is 1010. The summed E-state index contributed by atoms with van der Waals surface area (Å²) in [7, 11) is 0. The highest BCUT2D eigenvalue weighted by Crippen LogP contribution is 2.20. The number of hydrogen-bond donors (Lipinski definition) is 1. The molecule has 0 aliphatic heterocycles. The van der Waals surface area contributed by atoms with E-state index in [1.165, 1.54) is 4.74 Å². The molecule has 21 heavy (non-hydrogen) atoms. The highest BCUT2D eigenvalue weighted by Gasteiger charge is 2.12. The van der Waals surface area contributed by atoms with Gasteiger partial charge in [-0.25, -0.2) is 0 Å². The lowest BCUT2D eigenvalue weighted by molar-refractivity contribution is 0.302. The lowest BCUT2D eigenvalue weighted by Gasteiger charge is -1.98. The number of halogens is 1. The standard InChI is InChI=1S/C16H11ClN2O2/c17-11-5-6-13-15(7-11)21-19(16(13)20)9-10-8-18-14-4-2-1-3-12(10)14/h1-8,18H,9H2. The Hall–Kier alpha value is -2.46. The minimum absolute atomic E-state index is 0.146. The number of hydrogen-bond acceptors (Lipinski definition) is 2. The van der Waals surface area contributed by atoms with Crippen molar-refractivity contribution in [3.63, 3.8) is 0 Å². The van der Waals surface area contributed by atoms with Crippen molar-refractivity contribution in [1.82, 2.24) is 9.72 Å². The molecule has 0 radical (unpaired) electrons. The van der Waals surface area contributed by atoms with Gasteiger partial charge in [0.2, 0.25) is 0 Å². The van der Waals surface area contributed by atoms with Gasteiger partial charge in [-0.2, -0.15) is 4.74 Å². The Morgan fingerprint density at radius 3 is 2.90 bits per heavy atom. The van der Waals surface area contributed by atoms with E-state index in [1.54, 1.807) is 18.2 Å². The van der Waals surface area contributed by atoms with Crippen LogP contribution in [0.2, 0.25) is 5.02 Å². The van der Waals surface area contributed by atoms with E-state index in [9.17, 15) is 4.79 Å². The van der Waals surface area contributed by atoms with Crippen molar-refractivity contribution in [1.29, 1.82) is 0 Å². The fourth-order valence-corrected chi connectivity index (χ4v) is 2.73. The fraction of sp³-hybridized carbons (Fsp3) is 0.0625. The van der Waals surface area contributed by atoms with Gasteiger partial charge in [-0.15, -0.1) is 0 Å². The minimum Gasteiger partial charge on any atom is -0.375 e. The molecule has 0 saturated carbocycles. The number of fused-ring (bicyclic) bond motifs is 2. The van der Waals surface area contributed by atoms with Gasteiger partial charge in [0.15, 0.2) is 5.58 Å². The highest BCUT2D eigenvalue weighted by atomic mass is 35.5. The maximum absolute atomic E-state index is 12.3. The molecular formula is C16H11ClN2O2. The van der Waals surface area contributed by atoms with E-state index >= 15 is 0 Å². The van der Waals surface area contributed by atoms with Crippen LogP contribution in [0.4, 0.5) is 0 Å². The van der Waals surface area contributed by atoms with Crippen molar-refractivity contribution in [3.05, 3.63) is 69.6 Å². The molecule has 0 amide bonds. The molecule has 1 N–H and O–H groups in total. The molecule has 4 aromatic rings. The summed E-state index contributed by atoms with van der Waals surface area (Å²) in [6, 6.07) is 13.0. The number of rotatable bonds is 2. The number of aromatic nitrogens is 2. The van der Waals surface area contributed by atoms with Crippen LogP contribution >= 0.6 is 11.6 Å². The molecule has 2 aromatic heterocycles. The number of H-pyrrole nitrogens is 1. The SMILES string of the molecule is O=c1c2ccc(Cl)cc2on1Cc1c[nH]c2ccccc12. The number of para-hydroxylation sites is 1. The molecule has 0 spiro atoms. The van der Waals surface area contributed by atoms with E-state index < -0.39 is 0 Å². The molecule has 104 valence electrons. The molecular weight excluding hydrogens is 288 g/mol. The molecule has 0 fully saturated rings. The van der Waals surface area contributed by atoms with Crippen molar-refractivity contribution in [3.8, 4) is 0 Å². The molecule has 0 aliphatic carbocycles. The molecule has 0 saturated heterocycles. The summed E-state index contributed by atoms with van der Waals surface area (Å²) in [6.45, 7) is 0.384. The van der Waals surface area contributed by atoms with Crippen molar-refractivity contribution >= 4 is 33.5 Å². The molecule has 2 heterocycles. The van der Waals surface area contributed by atoms with Gasteiger partial charge in [-0.3, -0.25) is 4.79 Å². The highest BCUT2D eigenvalue weighted by molar-refractivity contribution is 6.31. The smallest absolute Gasteiger partial charge is 0.290 e. The summed E-state index contributed by atoms with van der Waals surface area (Å²) < 4.78 is 6.97. The summed E-state index contributed by atoms with van der Waals surface area (Å²) in [5, 5.41) is 2.18. The zero-order valence-corrected chi connectivity index (χ0v) is 11.7. The summed E-state index contributed by atoms with van der Waals surface area (Å²) in [5.74, 6) is 0. The number of benzene rings is 2. The first-order valence-corrected chi connectivity index (χ1v) is 6.94. The van der Waals surface area contributed by atoms with Crippen LogP contribution in [0.25, 0.3) is 21.9 Å². The third kappa shape index (κ3) is 1.96. The first-order valence-electron chi connectivity index (χ1n) is 6.57. The van der Waals surface area contributed by atoms with Crippen LogP contribution in [-0.2, 0) is 6.54 Å². The normalized spacial score (nSPS) is 11.5. The third-order valence-corrected chi connectivity index (χ3v) is 3.83. The topological polar surface area (TPSA) is 50.9 Å². The van der Waals surface area contributed by atoms with E-state index in [2.05, 4.69) is 4.98 Å². The lowest BCUT2D eigenvalue weighted by Crippen LogP contribution is -2.14. The molecule has 0 atom stereocenters. The van der Waals surface area contributed by atoms with Crippen molar-refractivity contribution in [2.45, 2.75) is 6.54 Å². The third-order valence-electron chi connectivity index (χ3n) is 3.60. The number of aromatic amines is 1. The molecule has 2 aromatic carbocycles. The average molecular weight is 299 g/mol. The largest absolute Gasteiger partial charge is 0.375 e. The zero-order valence-electron chi connectivity index (χ0n) is 11.0. The minimum atomic E-state index is -0.146. The van der Waals surface area contributed by atoms with Gasteiger partial charge in [0.05, 0.1) is 11.9 Å². The Kier molecular flexibility index (Phi) is 2.65. The predicted octanol–water partition coefficient (Wildman–Crippen LogP) is 3.78. The number of nitrogens with zero attached hydrogens (tertiary/aromatic N) is 1. The van der Waals surface area contributed by atoms with Gasteiger partial charge in [-0.1, -0.05) is 29.8 Å². The van der Waals surface area contributed by atoms with Crippen LogP contribution in [0, 0.1) is 0 Å². The van der Waals surface area contributed by atoms with E-state index in [4.69, 9.17) is 16.1 Å². The Labute approximate surface area is 124 Å². The van der Waals surface area contributed by atoms with Gasteiger partial charge in [-0.05, 0) is 18.2 Å². The second-order valence-electron chi connectivity index (χ2n) is 4.93. The lowest BCUT2D eigenvalue weighted by atomic mass is 10.2. The van der Waals surface area contributed by atoms with Gasteiger partial charge in [0, 0.05) is 33.8 Å². The zero-order chi connectivity index (χ0) is 14.4. The second kappa shape index (κ2) is 4.53. The maximum Gasteiger partial charge on any atom is 0.290 e. The van der Waals surface area contributed by atoms with E-state index in [0.717, 1.165) is 16.5 Å². The average Bonchev–Trinajstić information content (AvgIpc) is 3.02. The monoisotopic (exact) mass is 298 g/mol. The maximum atomic E-state index is 12.3. The van der Waals surface area contributed by atoms with E-state index in [-0.39, 0.29) is 5.56 Å². The Morgan fingerprint density at radius 1 is 1.14 bits per heavy atom. The summed E-state index contributed by atoms with van der Waals surface area (Å²) in [4.78, 5) is 15.5. The second-order valence-corrected chi connectivity index (χ2v) is 5.37. The van der Waals surface area contributed by atoms with E-state index in [0.29, 0.717) is 22.5 Å². The molecule has 0 bridgehead atoms. The molecule has 0 aliphatic rings.